The molecule has 1 N–H and O–H groups in total. The van der Waals surface area contributed by atoms with Crippen LogP contribution in [0.3, 0.4) is 0 Å². The van der Waals surface area contributed by atoms with E-state index in [9.17, 15) is 27.9 Å². The number of nitrogens with zero attached hydrogens (tertiary/aromatic N) is 1. The Morgan fingerprint density at radius 1 is 1.33 bits per heavy atom. The number of carbonyl (C=O) groups excluding carboxylic acids is 1. The Balaban J connectivity index is 1.55. The summed E-state index contributed by atoms with van der Waals surface area (Å²) >= 11 is 0. The minimum atomic E-state index is -4.38. The molecule has 148 valence electrons. The number of ether oxygens (including phenoxy) is 1. The van der Waals surface area contributed by atoms with E-state index in [1.165, 1.54) is 6.07 Å². The molecule has 1 aromatic rings. The van der Waals surface area contributed by atoms with Crippen molar-refractivity contribution in [1.29, 1.82) is 0 Å². The number of benzene rings is 1. The molecule has 2 fully saturated rings. The Kier molecular flexibility index (Phi) is 5.46. The van der Waals surface area contributed by atoms with Crippen LogP contribution < -0.4 is 0 Å². The molecule has 2 atom stereocenters. The quantitative estimate of drug-likeness (QED) is 0.846. The maximum Gasteiger partial charge on any atom is 0.416 e. The van der Waals surface area contributed by atoms with Gasteiger partial charge < -0.3 is 14.7 Å². The van der Waals surface area contributed by atoms with Gasteiger partial charge in [-0.25, -0.2) is 0 Å². The zero-order chi connectivity index (χ0) is 19.7. The SMILES string of the molecule is O=C(CCCc1cccc(C(F)(F)F)c1)N1C[C@H]2COCC[C@@]2(C(=O)O)C1. The summed E-state index contributed by atoms with van der Waals surface area (Å²) in [6.45, 7) is 1.24. The second-order valence-corrected chi connectivity index (χ2v) is 7.31. The molecule has 3 rings (SSSR count). The number of likely N-dealkylation sites (tertiary alicyclic amines) is 1. The molecule has 2 saturated heterocycles. The van der Waals surface area contributed by atoms with Crippen LogP contribution in [-0.4, -0.2) is 48.2 Å². The van der Waals surface area contributed by atoms with Crippen molar-refractivity contribution < 1.29 is 32.6 Å². The number of aryl methyl sites for hydroxylation is 1. The molecule has 0 radical (unpaired) electrons. The molecular formula is C19H22F3NO4. The van der Waals surface area contributed by atoms with Crippen molar-refractivity contribution in [1.82, 2.24) is 4.90 Å². The van der Waals surface area contributed by atoms with Gasteiger partial charge >= 0.3 is 12.1 Å². The summed E-state index contributed by atoms with van der Waals surface area (Å²) in [5.74, 6) is -1.26. The van der Waals surface area contributed by atoms with E-state index in [1.807, 2.05) is 0 Å². The van der Waals surface area contributed by atoms with Crippen LogP contribution >= 0.6 is 0 Å². The van der Waals surface area contributed by atoms with Crippen LogP contribution in [0.2, 0.25) is 0 Å². The minimum Gasteiger partial charge on any atom is -0.481 e. The molecule has 5 nitrogen and oxygen atoms in total. The van der Waals surface area contributed by atoms with Gasteiger partial charge in [0.05, 0.1) is 17.6 Å². The monoisotopic (exact) mass is 385 g/mol. The van der Waals surface area contributed by atoms with Crippen molar-refractivity contribution in [3.05, 3.63) is 35.4 Å². The van der Waals surface area contributed by atoms with Crippen LogP contribution in [0.1, 0.15) is 30.4 Å². The van der Waals surface area contributed by atoms with E-state index in [4.69, 9.17) is 4.74 Å². The van der Waals surface area contributed by atoms with Crippen LogP contribution in [0.4, 0.5) is 13.2 Å². The second-order valence-electron chi connectivity index (χ2n) is 7.31. The van der Waals surface area contributed by atoms with Gasteiger partial charge in [-0.1, -0.05) is 18.2 Å². The summed E-state index contributed by atoms with van der Waals surface area (Å²) in [6.07, 6.45) is -3.04. The van der Waals surface area contributed by atoms with Crippen LogP contribution in [0.5, 0.6) is 0 Å². The maximum atomic E-state index is 12.8. The Bertz CT molecular complexity index is 721. The molecular weight excluding hydrogens is 363 g/mol. The Hall–Kier alpha value is -2.09. The standard InChI is InChI=1S/C19H22F3NO4/c20-19(21,22)14-5-1-3-13(9-14)4-2-6-16(24)23-10-15-11-27-8-7-18(15,12-23)17(25)26/h1,3,5,9,15H,2,4,6-8,10-12H2,(H,25,26)/t15-,18+/m0/s1. The fourth-order valence-electron chi connectivity index (χ4n) is 3.99. The van der Waals surface area contributed by atoms with Crippen molar-refractivity contribution in [2.24, 2.45) is 11.3 Å². The van der Waals surface area contributed by atoms with Crippen LogP contribution in [0.15, 0.2) is 24.3 Å². The molecule has 2 aliphatic heterocycles. The van der Waals surface area contributed by atoms with Gasteiger partial charge in [-0.2, -0.15) is 13.2 Å². The van der Waals surface area contributed by atoms with Crippen molar-refractivity contribution in [3.63, 3.8) is 0 Å². The molecule has 0 saturated carbocycles. The zero-order valence-electron chi connectivity index (χ0n) is 14.8. The minimum absolute atomic E-state index is 0.156. The number of alkyl halides is 3. The molecule has 0 bridgehead atoms. The summed E-state index contributed by atoms with van der Waals surface area (Å²) in [4.78, 5) is 25.8. The molecule has 2 heterocycles. The van der Waals surface area contributed by atoms with E-state index in [-0.39, 0.29) is 24.8 Å². The smallest absolute Gasteiger partial charge is 0.416 e. The van der Waals surface area contributed by atoms with Crippen molar-refractivity contribution in [2.75, 3.05) is 26.3 Å². The Morgan fingerprint density at radius 2 is 2.11 bits per heavy atom. The number of fused-ring (bicyclic) bond motifs is 1. The lowest BCUT2D eigenvalue weighted by Crippen LogP contribution is -2.45. The predicted octanol–water partition coefficient (Wildman–Crippen LogP) is 2.98. The molecule has 0 aromatic heterocycles. The topological polar surface area (TPSA) is 66.8 Å². The number of rotatable bonds is 5. The average molecular weight is 385 g/mol. The molecule has 0 aliphatic carbocycles. The van der Waals surface area contributed by atoms with Crippen molar-refractivity contribution in [3.8, 4) is 0 Å². The number of aliphatic carboxylic acids is 1. The van der Waals surface area contributed by atoms with Crippen LogP contribution in [0, 0.1) is 11.3 Å². The van der Waals surface area contributed by atoms with Crippen molar-refractivity contribution in [2.45, 2.75) is 31.9 Å². The number of carboxylic acid groups (broad SMARTS) is 1. The predicted molar refractivity (Wildman–Crippen MR) is 90.0 cm³/mol. The summed E-state index contributed by atoms with van der Waals surface area (Å²) in [5.41, 5.74) is -1.10. The van der Waals surface area contributed by atoms with E-state index in [2.05, 4.69) is 0 Å². The number of carboxylic acids is 1. The molecule has 2 aliphatic rings. The summed E-state index contributed by atoms with van der Waals surface area (Å²) < 4.78 is 43.6. The van der Waals surface area contributed by atoms with Crippen LogP contribution in [0.25, 0.3) is 0 Å². The number of carbonyl (C=O) groups is 2. The van der Waals surface area contributed by atoms with Crippen molar-refractivity contribution >= 4 is 11.9 Å². The average Bonchev–Trinajstić information content (AvgIpc) is 3.02. The number of hydrogen-bond acceptors (Lipinski definition) is 3. The normalized spacial score (nSPS) is 25.3. The first kappa shape index (κ1) is 19.7. The first-order chi connectivity index (χ1) is 12.7. The Morgan fingerprint density at radius 3 is 2.78 bits per heavy atom. The molecule has 1 aromatic carbocycles. The third kappa shape index (κ3) is 4.10. The Labute approximate surface area is 155 Å². The highest BCUT2D eigenvalue weighted by atomic mass is 19.4. The van der Waals surface area contributed by atoms with E-state index < -0.39 is 23.1 Å². The fraction of sp³-hybridized carbons (Fsp3) is 0.579. The lowest BCUT2D eigenvalue weighted by atomic mass is 9.74. The molecule has 0 spiro atoms. The lowest BCUT2D eigenvalue weighted by Gasteiger charge is -2.33. The van der Waals surface area contributed by atoms with E-state index >= 15 is 0 Å². The van der Waals surface area contributed by atoms with Crippen LogP contribution in [-0.2, 0) is 26.9 Å². The van der Waals surface area contributed by atoms with Gasteiger partial charge in [-0.05, 0) is 30.9 Å². The summed E-state index contributed by atoms with van der Waals surface area (Å²) in [7, 11) is 0. The summed E-state index contributed by atoms with van der Waals surface area (Å²) in [6, 6.07) is 5.10. The van der Waals surface area contributed by atoms with Gasteiger partial charge in [-0.15, -0.1) is 0 Å². The molecule has 8 heteroatoms. The number of halogens is 3. The number of amides is 1. The highest BCUT2D eigenvalue weighted by Gasteiger charge is 2.54. The van der Waals surface area contributed by atoms with Gasteiger partial charge in [0.15, 0.2) is 0 Å². The zero-order valence-corrected chi connectivity index (χ0v) is 14.8. The third-order valence-corrected chi connectivity index (χ3v) is 5.60. The lowest BCUT2D eigenvalue weighted by molar-refractivity contribution is -0.157. The second kappa shape index (κ2) is 7.50. The molecule has 27 heavy (non-hydrogen) atoms. The van der Waals surface area contributed by atoms with Gasteiger partial charge in [0.2, 0.25) is 5.91 Å². The molecule has 0 unspecified atom stereocenters. The van der Waals surface area contributed by atoms with Gasteiger partial charge in [-0.3, -0.25) is 9.59 Å². The van der Waals surface area contributed by atoms with E-state index in [1.54, 1.807) is 11.0 Å². The number of hydrogen-bond donors (Lipinski definition) is 1. The van der Waals surface area contributed by atoms with E-state index in [0.29, 0.717) is 44.6 Å². The maximum absolute atomic E-state index is 12.8. The summed E-state index contributed by atoms with van der Waals surface area (Å²) in [5, 5.41) is 9.63. The first-order valence-electron chi connectivity index (χ1n) is 8.97. The largest absolute Gasteiger partial charge is 0.481 e. The third-order valence-electron chi connectivity index (χ3n) is 5.60. The fourth-order valence-corrected chi connectivity index (χ4v) is 3.99. The van der Waals surface area contributed by atoms with E-state index in [0.717, 1.165) is 12.1 Å². The first-order valence-corrected chi connectivity index (χ1v) is 8.97. The molecule has 1 amide bonds. The highest BCUT2D eigenvalue weighted by Crippen LogP contribution is 2.42. The van der Waals surface area contributed by atoms with Gasteiger partial charge in [0.1, 0.15) is 0 Å². The van der Waals surface area contributed by atoms with Gasteiger partial charge in [0, 0.05) is 32.0 Å². The highest BCUT2D eigenvalue weighted by molar-refractivity contribution is 5.81. The van der Waals surface area contributed by atoms with Gasteiger partial charge in [0.25, 0.3) is 0 Å².